The van der Waals surface area contributed by atoms with Gasteiger partial charge in [0.25, 0.3) is 5.91 Å². The van der Waals surface area contributed by atoms with E-state index in [1.165, 1.54) is 29.0 Å². The topological polar surface area (TPSA) is 37.6 Å². The molecule has 2 atom stereocenters. The first-order valence-corrected chi connectivity index (χ1v) is 14.4. The van der Waals surface area contributed by atoms with Crippen LogP contribution in [0.3, 0.4) is 0 Å². The van der Waals surface area contributed by atoms with Gasteiger partial charge in [0.1, 0.15) is 0 Å². The van der Waals surface area contributed by atoms with Crippen molar-refractivity contribution in [3.05, 3.63) is 101 Å². The Morgan fingerprint density at radius 2 is 1.63 bits per heavy atom. The lowest BCUT2D eigenvalue weighted by Gasteiger charge is -2.35. The van der Waals surface area contributed by atoms with Gasteiger partial charge in [-0.2, -0.15) is 0 Å². The van der Waals surface area contributed by atoms with E-state index in [-0.39, 0.29) is 11.9 Å². The molecule has 6 rings (SSSR count). The highest BCUT2D eigenvalue weighted by molar-refractivity contribution is 8.18. The molecule has 192 valence electrons. The van der Waals surface area contributed by atoms with Crippen LogP contribution in [0.4, 0.5) is 5.69 Å². The molecule has 1 aliphatic heterocycles. The summed E-state index contributed by atoms with van der Waals surface area (Å²) < 4.78 is 2.28. The maximum atomic E-state index is 13.9. The number of amidine groups is 1. The highest BCUT2D eigenvalue weighted by atomic mass is 32.2. The minimum absolute atomic E-state index is 0.0824. The number of carbonyl (C=O) groups is 1. The fourth-order valence-electron chi connectivity index (χ4n) is 5.94. The molecule has 1 saturated heterocycles. The fourth-order valence-corrected chi connectivity index (χ4v) is 6.97. The average molecular weight is 520 g/mol. The van der Waals surface area contributed by atoms with Gasteiger partial charge in [-0.15, -0.1) is 0 Å². The Kier molecular flexibility index (Phi) is 6.71. The standard InChI is InChI=1S/C33H33N3OS/c1-22-11-7-10-16-30(22)36-32(37)31(38-33(36)34-28-14-5-4-6-15-28)21-27-19-23(2)35(24(27)3)29-18-17-25-12-8-9-13-26(25)20-29/h4-6,8-9,12-15,17-22,30H,7,10-11,16H2,1-3H3/b31-21-,34-33?/t22-,30+/m0/s1. The van der Waals surface area contributed by atoms with Gasteiger partial charge < -0.3 is 4.57 Å². The zero-order chi connectivity index (χ0) is 26.2. The van der Waals surface area contributed by atoms with Crippen LogP contribution in [0, 0.1) is 19.8 Å². The number of nitrogens with zero attached hydrogens (tertiary/aromatic N) is 3. The molecule has 1 amide bonds. The second kappa shape index (κ2) is 10.3. The third kappa shape index (κ3) is 4.60. The first-order chi connectivity index (χ1) is 18.5. The van der Waals surface area contributed by atoms with Crippen LogP contribution in [0.2, 0.25) is 0 Å². The Bertz CT molecular complexity index is 1570. The Labute approximate surface area is 229 Å². The van der Waals surface area contributed by atoms with Crippen molar-refractivity contribution in [3.63, 3.8) is 0 Å². The van der Waals surface area contributed by atoms with E-state index in [9.17, 15) is 4.79 Å². The summed E-state index contributed by atoms with van der Waals surface area (Å²) in [6, 6.07) is 27.4. The molecule has 0 N–H and O–H groups in total. The van der Waals surface area contributed by atoms with Crippen molar-refractivity contribution < 1.29 is 4.79 Å². The first-order valence-electron chi connectivity index (χ1n) is 13.5. The molecule has 2 heterocycles. The summed E-state index contributed by atoms with van der Waals surface area (Å²) in [5, 5.41) is 3.25. The molecule has 0 bridgehead atoms. The van der Waals surface area contributed by atoms with Gasteiger partial charge in [0.05, 0.1) is 10.6 Å². The van der Waals surface area contributed by atoms with Crippen LogP contribution in [0.1, 0.15) is 49.6 Å². The van der Waals surface area contributed by atoms with Crippen molar-refractivity contribution in [2.75, 3.05) is 0 Å². The minimum Gasteiger partial charge on any atom is -0.318 e. The number of aryl methyl sites for hydroxylation is 1. The van der Waals surface area contributed by atoms with Gasteiger partial charge in [-0.1, -0.05) is 68.3 Å². The van der Waals surface area contributed by atoms with E-state index in [0.717, 1.165) is 57.7 Å². The van der Waals surface area contributed by atoms with E-state index in [0.29, 0.717) is 5.92 Å². The van der Waals surface area contributed by atoms with Crippen molar-refractivity contribution in [2.24, 2.45) is 10.9 Å². The number of amides is 1. The third-order valence-corrected chi connectivity index (χ3v) is 8.95. The van der Waals surface area contributed by atoms with Crippen LogP contribution in [-0.2, 0) is 4.79 Å². The van der Waals surface area contributed by atoms with Gasteiger partial charge in [-0.25, -0.2) is 4.99 Å². The number of benzene rings is 3. The molecule has 4 nitrogen and oxygen atoms in total. The summed E-state index contributed by atoms with van der Waals surface area (Å²) in [4.78, 5) is 21.6. The van der Waals surface area contributed by atoms with Gasteiger partial charge in [0.15, 0.2) is 5.17 Å². The largest absolute Gasteiger partial charge is 0.318 e. The molecule has 0 radical (unpaired) electrons. The molecular formula is C33H33N3OS. The molecule has 0 unspecified atom stereocenters. The molecule has 2 aliphatic rings. The fraction of sp³-hybridized carbons (Fsp3) is 0.273. The number of hydrogen-bond donors (Lipinski definition) is 0. The highest BCUT2D eigenvalue weighted by Crippen LogP contribution is 2.40. The molecule has 0 spiro atoms. The zero-order valence-corrected chi connectivity index (χ0v) is 23.0. The van der Waals surface area contributed by atoms with Gasteiger partial charge in [0.2, 0.25) is 0 Å². The van der Waals surface area contributed by atoms with Crippen molar-refractivity contribution in [1.82, 2.24) is 9.47 Å². The van der Waals surface area contributed by atoms with E-state index in [2.05, 4.69) is 79.9 Å². The summed E-state index contributed by atoms with van der Waals surface area (Å²) in [7, 11) is 0. The summed E-state index contributed by atoms with van der Waals surface area (Å²) in [5.74, 6) is 0.547. The smallest absolute Gasteiger partial charge is 0.267 e. The van der Waals surface area contributed by atoms with Crippen LogP contribution >= 0.6 is 11.8 Å². The Morgan fingerprint density at radius 1 is 0.895 bits per heavy atom. The average Bonchev–Trinajstić information content (AvgIpc) is 3.38. The lowest BCUT2D eigenvalue weighted by Crippen LogP contribution is -2.44. The Morgan fingerprint density at radius 3 is 2.42 bits per heavy atom. The van der Waals surface area contributed by atoms with E-state index >= 15 is 0 Å². The molecule has 1 aliphatic carbocycles. The predicted molar refractivity (Wildman–Crippen MR) is 160 cm³/mol. The number of para-hydroxylation sites is 1. The Balaban J connectivity index is 1.39. The van der Waals surface area contributed by atoms with Crippen LogP contribution < -0.4 is 0 Å². The third-order valence-electron chi connectivity index (χ3n) is 7.96. The minimum atomic E-state index is 0.0824. The van der Waals surface area contributed by atoms with E-state index in [1.54, 1.807) is 0 Å². The number of hydrogen-bond acceptors (Lipinski definition) is 3. The molecule has 38 heavy (non-hydrogen) atoms. The summed E-state index contributed by atoms with van der Waals surface area (Å²) >= 11 is 1.51. The van der Waals surface area contributed by atoms with Gasteiger partial charge >= 0.3 is 0 Å². The monoisotopic (exact) mass is 519 g/mol. The number of carbonyl (C=O) groups excluding carboxylic acids is 1. The number of thioether (sulfide) groups is 1. The molecule has 1 aromatic heterocycles. The maximum Gasteiger partial charge on any atom is 0.267 e. The molecule has 5 heteroatoms. The summed E-state index contributed by atoms with van der Waals surface area (Å²) in [6.45, 7) is 6.55. The lowest BCUT2D eigenvalue weighted by molar-refractivity contribution is -0.124. The van der Waals surface area contributed by atoms with Gasteiger partial charge in [-0.3, -0.25) is 9.69 Å². The summed E-state index contributed by atoms with van der Waals surface area (Å²) in [5.41, 5.74) is 5.37. The van der Waals surface area contributed by atoms with E-state index in [1.807, 2.05) is 35.2 Å². The molecule has 3 aromatic carbocycles. The van der Waals surface area contributed by atoms with Gasteiger partial charge in [-0.05, 0) is 97.1 Å². The van der Waals surface area contributed by atoms with Gasteiger partial charge in [0, 0.05) is 23.1 Å². The normalized spacial score (nSPS) is 22.2. The molecule has 1 saturated carbocycles. The van der Waals surface area contributed by atoms with Crippen LogP contribution in [0.15, 0.2) is 88.8 Å². The van der Waals surface area contributed by atoms with Crippen LogP contribution in [-0.4, -0.2) is 26.6 Å². The SMILES string of the molecule is Cc1cc(/C=C2\SC(=Nc3ccccc3)N([C@@H]3CCCC[C@@H]3C)C2=O)c(C)n1-c1ccc2ccccc2c1. The molecular weight excluding hydrogens is 486 g/mol. The number of aromatic nitrogens is 1. The summed E-state index contributed by atoms with van der Waals surface area (Å²) in [6.07, 6.45) is 6.66. The van der Waals surface area contributed by atoms with Crippen molar-refractivity contribution in [2.45, 2.75) is 52.5 Å². The molecule has 4 aromatic rings. The maximum absolute atomic E-state index is 13.9. The number of fused-ring (bicyclic) bond motifs is 1. The zero-order valence-electron chi connectivity index (χ0n) is 22.2. The van der Waals surface area contributed by atoms with E-state index in [4.69, 9.17) is 4.99 Å². The molecule has 2 fully saturated rings. The number of aliphatic imine (C=N–C) groups is 1. The van der Waals surface area contributed by atoms with Crippen LogP contribution in [0.5, 0.6) is 0 Å². The van der Waals surface area contributed by atoms with E-state index < -0.39 is 0 Å². The second-order valence-electron chi connectivity index (χ2n) is 10.5. The lowest BCUT2D eigenvalue weighted by atomic mass is 9.85. The highest BCUT2D eigenvalue weighted by Gasteiger charge is 2.41. The number of rotatable bonds is 4. The second-order valence-corrected chi connectivity index (χ2v) is 11.5. The Hall–Kier alpha value is -3.57. The predicted octanol–water partition coefficient (Wildman–Crippen LogP) is 8.43. The quantitative estimate of drug-likeness (QED) is 0.254. The van der Waals surface area contributed by atoms with Crippen molar-refractivity contribution >= 4 is 45.4 Å². The van der Waals surface area contributed by atoms with Crippen LogP contribution in [0.25, 0.3) is 22.5 Å². The van der Waals surface area contributed by atoms with Crippen molar-refractivity contribution in [3.8, 4) is 5.69 Å². The first kappa shape index (κ1) is 24.7. The van der Waals surface area contributed by atoms with Crippen molar-refractivity contribution in [1.29, 1.82) is 0 Å².